The minimum Gasteiger partial charge on any atom is -0.356 e. The molecule has 0 aliphatic rings. The zero-order valence-electron chi connectivity index (χ0n) is 13.4. The molecule has 0 radical (unpaired) electrons. The van der Waals surface area contributed by atoms with Crippen LogP contribution in [-0.2, 0) is 11.2 Å². The first-order valence-electron chi connectivity index (χ1n) is 7.75. The molecule has 0 aliphatic heterocycles. The second-order valence-electron chi connectivity index (χ2n) is 5.67. The molecule has 0 heterocycles. The Morgan fingerprint density at radius 3 is 2.21 bits per heavy atom. The number of hydrogen-bond acceptors (Lipinski definition) is 2. The van der Waals surface area contributed by atoms with Crippen molar-refractivity contribution in [3.8, 4) is 0 Å². The van der Waals surface area contributed by atoms with Crippen LogP contribution in [0.4, 0.5) is 0 Å². The molecule has 0 saturated carbocycles. The molecule has 1 N–H and O–H groups in total. The number of benzene rings is 2. The van der Waals surface area contributed by atoms with Crippen LogP contribution < -0.4 is 5.32 Å². The van der Waals surface area contributed by atoms with Crippen molar-refractivity contribution in [1.29, 1.82) is 0 Å². The number of halogens is 2. The van der Waals surface area contributed by atoms with E-state index in [9.17, 15) is 9.59 Å². The van der Waals surface area contributed by atoms with Crippen LogP contribution in [0.15, 0.2) is 42.5 Å². The molecule has 0 spiro atoms. The molecule has 0 unspecified atom stereocenters. The fourth-order valence-corrected chi connectivity index (χ4v) is 2.87. The average Bonchev–Trinajstić information content (AvgIpc) is 2.52. The number of hydrogen-bond donors (Lipinski definition) is 1. The van der Waals surface area contributed by atoms with Gasteiger partial charge in [-0.1, -0.05) is 53.0 Å². The molecule has 0 aromatic heterocycles. The summed E-state index contributed by atoms with van der Waals surface area (Å²) < 4.78 is 0. The molecule has 2 rings (SSSR count). The van der Waals surface area contributed by atoms with Crippen LogP contribution in [0.1, 0.15) is 34.3 Å². The zero-order valence-corrected chi connectivity index (χ0v) is 15.0. The van der Waals surface area contributed by atoms with Crippen LogP contribution in [0.25, 0.3) is 0 Å². The van der Waals surface area contributed by atoms with Gasteiger partial charge < -0.3 is 5.32 Å². The Bertz CT molecular complexity index is 706. The number of amides is 1. The lowest BCUT2D eigenvalue weighted by Crippen LogP contribution is -2.26. The van der Waals surface area contributed by atoms with Crippen molar-refractivity contribution in [2.24, 2.45) is 0 Å². The van der Waals surface area contributed by atoms with Gasteiger partial charge >= 0.3 is 0 Å². The first-order chi connectivity index (χ1) is 11.4. The first kappa shape index (κ1) is 18.5. The third-order valence-corrected chi connectivity index (χ3v) is 4.05. The molecule has 0 saturated heterocycles. The predicted molar refractivity (Wildman–Crippen MR) is 97.9 cm³/mol. The van der Waals surface area contributed by atoms with Crippen LogP contribution in [-0.4, -0.2) is 18.2 Å². The molecule has 126 valence electrons. The highest BCUT2D eigenvalue weighted by Gasteiger charge is 2.09. The molecular weight excluding hydrogens is 345 g/mol. The van der Waals surface area contributed by atoms with Crippen molar-refractivity contribution in [2.45, 2.75) is 26.2 Å². The number of ketones is 1. The maximum atomic E-state index is 12.0. The maximum absolute atomic E-state index is 12.0. The van der Waals surface area contributed by atoms with E-state index in [2.05, 4.69) is 5.32 Å². The van der Waals surface area contributed by atoms with Gasteiger partial charge in [0, 0.05) is 35.0 Å². The van der Waals surface area contributed by atoms with Gasteiger partial charge in [0.25, 0.3) is 0 Å². The first-order valence-corrected chi connectivity index (χ1v) is 8.51. The van der Waals surface area contributed by atoms with E-state index in [1.165, 1.54) is 0 Å². The fourth-order valence-electron chi connectivity index (χ4n) is 2.30. The highest BCUT2D eigenvalue weighted by atomic mass is 35.5. The van der Waals surface area contributed by atoms with Crippen molar-refractivity contribution in [3.63, 3.8) is 0 Å². The molecule has 24 heavy (non-hydrogen) atoms. The summed E-state index contributed by atoms with van der Waals surface area (Å²) in [7, 11) is 0. The summed E-state index contributed by atoms with van der Waals surface area (Å²) in [6, 6.07) is 12.7. The molecule has 1 amide bonds. The van der Waals surface area contributed by atoms with Crippen molar-refractivity contribution in [3.05, 3.63) is 69.2 Å². The summed E-state index contributed by atoms with van der Waals surface area (Å²) in [4.78, 5) is 23.9. The lowest BCUT2D eigenvalue weighted by molar-refractivity contribution is -0.121. The summed E-state index contributed by atoms with van der Waals surface area (Å²) in [6.07, 6.45) is 1.03. The van der Waals surface area contributed by atoms with Crippen molar-refractivity contribution >= 4 is 34.9 Å². The Morgan fingerprint density at radius 1 is 0.958 bits per heavy atom. The largest absolute Gasteiger partial charge is 0.356 e. The van der Waals surface area contributed by atoms with Crippen molar-refractivity contribution < 1.29 is 9.59 Å². The van der Waals surface area contributed by atoms with Crippen LogP contribution >= 0.6 is 23.2 Å². The Balaban J connectivity index is 1.73. The minimum atomic E-state index is -0.136. The smallest absolute Gasteiger partial charge is 0.220 e. The van der Waals surface area contributed by atoms with Crippen LogP contribution in [0, 0.1) is 6.92 Å². The van der Waals surface area contributed by atoms with E-state index in [1.54, 1.807) is 18.2 Å². The quantitative estimate of drug-likeness (QED) is 0.729. The van der Waals surface area contributed by atoms with Crippen LogP contribution in [0.5, 0.6) is 0 Å². The molecule has 0 fully saturated rings. The van der Waals surface area contributed by atoms with Gasteiger partial charge in [-0.25, -0.2) is 0 Å². The lowest BCUT2D eigenvalue weighted by Gasteiger charge is -2.06. The Kier molecular flexibility index (Phi) is 6.83. The minimum absolute atomic E-state index is 0.0215. The zero-order chi connectivity index (χ0) is 17.5. The standard InChI is InChI=1S/C19H19Cl2NO2/c1-13-2-4-15(5-3-13)18(23)6-7-19(24)22-9-8-14-10-16(20)12-17(21)11-14/h2-5,10-12H,6-9H2,1H3,(H,22,24). The topological polar surface area (TPSA) is 46.2 Å². The van der Waals surface area contributed by atoms with E-state index < -0.39 is 0 Å². The number of Topliss-reactive ketones (excluding diaryl/α,β-unsaturated/α-hetero) is 1. The SMILES string of the molecule is Cc1ccc(C(=O)CCC(=O)NCCc2cc(Cl)cc(Cl)c2)cc1. The van der Waals surface area contributed by atoms with E-state index >= 15 is 0 Å². The molecule has 0 aliphatic carbocycles. The van der Waals surface area contributed by atoms with Crippen LogP contribution in [0.3, 0.4) is 0 Å². The van der Waals surface area contributed by atoms with Gasteiger partial charge in [0.05, 0.1) is 0 Å². The normalized spacial score (nSPS) is 10.5. The van der Waals surface area contributed by atoms with Crippen molar-refractivity contribution in [1.82, 2.24) is 5.32 Å². The van der Waals surface area contributed by atoms with Gasteiger partial charge in [-0.15, -0.1) is 0 Å². The highest BCUT2D eigenvalue weighted by molar-refractivity contribution is 6.34. The molecule has 0 atom stereocenters. The number of rotatable bonds is 7. The summed E-state index contributed by atoms with van der Waals surface area (Å²) >= 11 is 11.9. The summed E-state index contributed by atoms with van der Waals surface area (Å²) in [5.41, 5.74) is 2.70. The van der Waals surface area contributed by atoms with E-state index in [0.29, 0.717) is 28.6 Å². The molecular formula is C19H19Cl2NO2. The number of carbonyl (C=O) groups excluding carboxylic acids is 2. The van der Waals surface area contributed by atoms with Gasteiger partial charge in [-0.2, -0.15) is 0 Å². The number of nitrogens with one attached hydrogen (secondary N) is 1. The molecule has 2 aromatic rings. The molecule has 3 nitrogen and oxygen atoms in total. The maximum Gasteiger partial charge on any atom is 0.220 e. The summed E-state index contributed by atoms with van der Waals surface area (Å²) in [5, 5.41) is 3.96. The van der Waals surface area contributed by atoms with E-state index in [4.69, 9.17) is 23.2 Å². The average molecular weight is 364 g/mol. The monoisotopic (exact) mass is 363 g/mol. The third-order valence-electron chi connectivity index (χ3n) is 3.61. The summed E-state index contributed by atoms with van der Waals surface area (Å²) in [5.74, 6) is -0.157. The van der Waals surface area contributed by atoms with Gasteiger partial charge in [0.2, 0.25) is 5.91 Å². The van der Waals surface area contributed by atoms with Gasteiger partial charge in [-0.05, 0) is 37.1 Å². The Morgan fingerprint density at radius 2 is 1.58 bits per heavy atom. The van der Waals surface area contributed by atoms with Crippen LogP contribution in [0.2, 0.25) is 10.0 Å². The van der Waals surface area contributed by atoms with Crippen molar-refractivity contribution in [2.75, 3.05) is 6.54 Å². The molecule has 0 bridgehead atoms. The lowest BCUT2D eigenvalue weighted by atomic mass is 10.0. The molecule has 5 heteroatoms. The van der Waals surface area contributed by atoms with Gasteiger partial charge in [0.1, 0.15) is 0 Å². The Hall–Kier alpha value is -1.84. The second-order valence-corrected chi connectivity index (χ2v) is 6.54. The number of carbonyl (C=O) groups is 2. The Labute approximate surface area is 152 Å². The van der Waals surface area contributed by atoms with E-state index in [0.717, 1.165) is 11.1 Å². The molecule has 2 aromatic carbocycles. The summed E-state index contributed by atoms with van der Waals surface area (Å²) in [6.45, 7) is 2.45. The number of aryl methyl sites for hydroxylation is 1. The van der Waals surface area contributed by atoms with Gasteiger partial charge in [0.15, 0.2) is 5.78 Å². The predicted octanol–water partition coefficient (Wildman–Crippen LogP) is 4.62. The van der Waals surface area contributed by atoms with E-state index in [-0.39, 0.29) is 24.5 Å². The third kappa shape index (κ3) is 5.99. The highest BCUT2D eigenvalue weighted by Crippen LogP contribution is 2.19. The van der Waals surface area contributed by atoms with E-state index in [1.807, 2.05) is 31.2 Å². The van der Waals surface area contributed by atoms with Gasteiger partial charge in [-0.3, -0.25) is 9.59 Å². The fraction of sp³-hybridized carbons (Fsp3) is 0.263. The second kappa shape index (κ2) is 8.86.